The maximum atomic E-state index is 12.4. The summed E-state index contributed by atoms with van der Waals surface area (Å²) in [6, 6.07) is 0. The molecule has 2 heterocycles. The Morgan fingerprint density at radius 3 is 2.79 bits per heavy atom. The second-order valence-electron chi connectivity index (χ2n) is 2.47. The summed E-state index contributed by atoms with van der Waals surface area (Å²) in [5.74, 6) is -0.0784. The van der Waals surface area contributed by atoms with Crippen LogP contribution in [0.3, 0.4) is 0 Å². The van der Waals surface area contributed by atoms with Crippen LogP contribution in [0.2, 0.25) is 0 Å². The van der Waals surface area contributed by atoms with Crippen LogP contribution in [0.4, 0.5) is 10.3 Å². The maximum Gasteiger partial charge on any atom is 0.223 e. The fraction of sp³-hybridized carbons (Fsp3) is 0.143. The molecule has 0 spiro atoms. The van der Waals surface area contributed by atoms with Crippen LogP contribution in [-0.2, 0) is 6.54 Å². The van der Waals surface area contributed by atoms with E-state index in [0.717, 1.165) is 18.1 Å². The average molecular weight is 211 g/mol. The molecule has 14 heavy (non-hydrogen) atoms. The number of halogens is 1. The predicted octanol–water partition coefficient (Wildman–Crippen LogP) is 1.08. The Balaban J connectivity index is 1.95. The highest BCUT2D eigenvalue weighted by Gasteiger charge is 1.98. The number of nitrogens with zero attached hydrogens (tertiary/aromatic N) is 4. The molecule has 0 unspecified atom stereocenters. The van der Waals surface area contributed by atoms with Gasteiger partial charge in [0.05, 0.1) is 24.6 Å². The SMILES string of the molecule is Fc1cnc(NCc2csnn2)nc1. The van der Waals surface area contributed by atoms with E-state index in [1.54, 1.807) is 0 Å². The molecule has 0 aliphatic heterocycles. The lowest BCUT2D eigenvalue weighted by atomic mass is 10.5. The molecule has 72 valence electrons. The lowest BCUT2D eigenvalue weighted by molar-refractivity contribution is 0.614. The van der Waals surface area contributed by atoms with Crippen molar-refractivity contribution in [2.24, 2.45) is 0 Å². The number of hydrogen-bond donors (Lipinski definition) is 1. The normalized spacial score (nSPS) is 10.1. The number of hydrogen-bond acceptors (Lipinski definition) is 6. The first-order valence-electron chi connectivity index (χ1n) is 3.82. The van der Waals surface area contributed by atoms with E-state index in [1.807, 2.05) is 5.38 Å². The third-order valence-corrected chi connectivity index (χ3v) is 2.01. The van der Waals surface area contributed by atoms with Crippen molar-refractivity contribution in [3.63, 3.8) is 0 Å². The van der Waals surface area contributed by atoms with E-state index in [9.17, 15) is 4.39 Å². The standard InChI is InChI=1S/C7H6FN5S/c8-5-1-9-7(10-2-5)11-3-6-4-14-13-12-6/h1-2,4H,3H2,(H,9,10,11). The Kier molecular flexibility index (Phi) is 2.59. The van der Waals surface area contributed by atoms with Crippen molar-refractivity contribution in [2.45, 2.75) is 6.54 Å². The van der Waals surface area contributed by atoms with Gasteiger partial charge in [-0.2, -0.15) is 0 Å². The Bertz CT molecular complexity index is 387. The zero-order valence-corrected chi connectivity index (χ0v) is 7.83. The van der Waals surface area contributed by atoms with Crippen molar-refractivity contribution in [1.29, 1.82) is 0 Å². The third kappa shape index (κ3) is 2.19. The van der Waals surface area contributed by atoms with E-state index in [1.165, 1.54) is 11.5 Å². The highest BCUT2D eigenvalue weighted by molar-refractivity contribution is 7.03. The first-order valence-corrected chi connectivity index (χ1v) is 4.65. The molecule has 2 rings (SSSR count). The van der Waals surface area contributed by atoms with Crippen LogP contribution < -0.4 is 5.32 Å². The second kappa shape index (κ2) is 4.05. The van der Waals surface area contributed by atoms with E-state index in [0.29, 0.717) is 12.5 Å². The summed E-state index contributed by atoms with van der Waals surface area (Å²) in [5, 5.41) is 8.53. The summed E-state index contributed by atoms with van der Waals surface area (Å²) >= 11 is 1.28. The Labute approximate surface area is 83.2 Å². The minimum atomic E-state index is -0.453. The molecule has 0 fully saturated rings. The van der Waals surface area contributed by atoms with E-state index in [-0.39, 0.29) is 0 Å². The molecule has 0 saturated carbocycles. The lowest BCUT2D eigenvalue weighted by Gasteiger charge is -2.00. The molecule has 7 heteroatoms. The molecule has 0 aliphatic carbocycles. The molecule has 0 amide bonds. The molecule has 0 bridgehead atoms. The van der Waals surface area contributed by atoms with Crippen LogP contribution >= 0.6 is 11.5 Å². The summed E-state index contributed by atoms with van der Waals surface area (Å²) in [4.78, 5) is 7.47. The Morgan fingerprint density at radius 2 is 2.14 bits per heavy atom. The van der Waals surface area contributed by atoms with Crippen LogP contribution in [0.15, 0.2) is 17.8 Å². The predicted molar refractivity (Wildman–Crippen MR) is 49.2 cm³/mol. The monoisotopic (exact) mass is 211 g/mol. The first-order chi connectivity index (χ1) is 6.84. The van der Waals surface area contributed by atoms with E-state index in [2.05, 4.69) is 24.9 Å². The van der Waals surface area contributed by atoms with Crippen molar-refractivity contribution in [3.05, 3.63) is 29.3 Å². The van der Waals surface area contributed by atoms with E-state index in [4.69, 9.17) is 0 Å². The Hall–Kier alpha value is -1.63. The molecule has 1 N–H and O–H groups in total. The van der Waals surface area contributed by atoms with Crippen molar-refractivity contribution in [3.8, 4) is 0 Å². The van der Waals surface area contributed by atoms with Crippen LogP contribution in [0, 0.1) is 5.82 Å². The van der Waals surface area contributed by atoms with Gasteiger partial charge in [-0.3, -0.25) is 0 Å². The van der Waals surface area contributed by atoms with Crippen molar-refractivity contribution < 1.29 is 4.39 Å². The summed E-state index contributed by atoms with van der Waals surface area (Å²) in [6.07, 6.45) is 2.21. The van der Waals surface area contributed by atoms with E-state index < -0.39 is 5.82 Å². The summed E-state index contributed by atoms with van der Waals surface area (Å²) in [7, 11) is 0. The molecule has 5 nitrogen and oxygen atoms in total. The maximum absolute atomic E-state index is 12.4. The van der Waals surface area contributed by atoms with Gasteiger partial charge in [0.2, 0.25) is 5.95 Å². The molecule has 0 aliphatic rings. The molecule has 0 aromatic carbocycles. The zero-order valence-electron chi connectivity index (χ0n) is 7.01. The van der Waals surface area contributed by atoms with Gasteiger partial charge in [-0.15, -0.1) is 5.10 Å². The van der Waals surface area contributed by atoms with Crippen LogP contribution in [0.5, 0.6) is 0 Å². The zero-order chi connectivity index (χ0) is 9.80. The Morgan fingerprint density at radius 1 is 1.36 bits per heavy atom. The van der Waals surface area contributed by atoms with E-state index >= 15 is 0 Å². The highest BCUT2D eigenvalue weighted by Crippen LogP contribution is 2.02. The van der Waals surface area contributed by atoms with Gasteiger partial charge in [-0.1, -0.05) is 4.49 Å². The number of anilines is 1. The van der Waals surface area contributed by atoms with Gasteiger partial charge in [0.15, 0.2) is 5.82 Å². The number of aromatic nitrogens is 4. The summed E-state index contributed by atoms with van der Waals surface area (Å²) < 4.78 is 16.1. The lowest BCUT2D eigenvalue weighted by Crippen LogP contribution is -2.03. The second-order valence-corrected chi connectivity index (χ2v) is 3.08. The molecular weight excluding hydrogens is 205 g/mol. The van der Waals surface area contributed by atoms with Gasteiger partial charge in [-0.05, 0) is 11.5 Å². The van der Waals surface area contributed by atoms with Gasteiger partial charge >= 0.3 is 0 Å². The minimum absolute atomic E-state index is 0.374. The van der Waals surface area contributed by atoms with Crippen LogP contribution in [0.25, 0.3) is 0 Å². The first kappa shape index (κ1) is 8.95. The van der Waals surface area contributed by atoms with Gasteiger partial charge in [0, 0.05) is 5.38 Å². The molecule has 2 aromatic rings. The topological polar surface area (TPSA) is 63.6 Å². The van der Waals surface area contributed by atoms with Gasteiger partial charge < -0.3 is 5.32 Å². The van der Waals surface area contributed by atoms with Crippen LogP contribution in [-0.4, -0.2) is 19.6 Å². The number of nitrogens with one attached hydrogen (secondary N) is 1. The quantitative estimate of drug-likeness (QED) is 0.823. The van der Waals surface area contributed by atoms with Gasteiger partial charge in [-0.25, -0.2) is 14.4 Å². The fourth-order valence-corrected chi connectivity index (χ4v) is 1.29. The largest absolute Gasteiger partial charge is 0.348 e. The molecular formula is C7H6FN5S. The average Bonchev–Trinajstić information content (AvgIpc) is 2.70. The van der Waals surface area contributed by atoms with Crippen molar-refractivity contribution >= 4 is 17.5 Å². The third-order valence-electron chi connectivity index (χ3n) is 1.45. The summed E-state index contributed by atoms with van der Waals surface area (Å²) in [6.45, 7) is 0.488. The van der Waals surface area contributed by atoms with Crippen LogP contribution in [0.1, 0.15) is 5.69 Å². The smallest absolute Gasteiger partial charge is 0.223 e. The molecule has 0 saturated heterocycles. The van der Waals surface area contributed by atoms with Gasteiger partial charge in [0.25, 0.3) is 0 Å². The highest BCUT2D eigenvalue weighted by atomic mass is 32.1. The molecule has 0 atom stereocenters. The number of rotatable bonds is 3. The van der Waals surface area contributed by atoms with Crippen molar-refractivity contribution in [1.82, 2.24) is 19.6 Å². The molecule has 0 radical (unpaired) electrons. The van der Waals surface area contributed by atoms with Gasteiger partial charge in [0.1, 0.15) is 0 Å². The summed E-state index contributed by atoms with van der Waals surface area (Å²) in [5.41, 5.74) is 0.808. The molecule has 2 aromatic heterocycles. The minimum Gasteiger partial charge on any atom is -0.348 e. The van der Waals surface area contributed by atoms with Crippen molar-refractivity contribution in [2.75, 3.05) is 5.32 Å². The fourth-order valence-electron chi connectivity index (χ4n) is 0.834.